The number of hydrogen-bond acceptors (Lipinski definition) is 7. The Labute approximate surface area is 159 Å². The molecule has 0 aromatic rings. The van der Waals surface area contributed by atoms with E-state index in [1.54, 1.807) is 0 Å². The van der Waals surface area contributed by atoms with Crippen molar-refractivity contribution in [1.82, 2.24) is 5.06 Å². The monoisotopic (exact) mass is 401 g/mol. The smallest absolute Gasteiger partial charge is 0.277 e. The quantitative estimate of drug-likeness (QED) is 0.322. The lowest BCUT2D eigenvalue weighted by atomic mass is 9.96. The zero-order chi connectivity index (χ0) is 19.9. The Balaban J connectivity index is 0.000000199. The third kappa shape index (κ3) is 6.80. The van der Waals surface area contributed by atoms with E-state index in [4.69, 9.17) is 9.76 Å². The minimum absolute atomic E-state index is 0.307. The molecule has 1 unspecified atom stereocenters. The van der Waals surface area contributed by atoms with Crippen LogP contribution in [-0.2, 0) is 19.7 Å². The maximum Gasteiger partial charge on any atom is 0.277 e. The van der Waals surface area contributed by atoms with Crippen LogP contribution in [0.4, 0.5) is 0 Å². The molecule has 3 fully saturated rings. The first-order valence-corrected chi connectivity index (χ1v) is 11.0. The molecule has 152 valence electrons. The second-order valence-electron chi connectivity index (χ2n) is 7.19. The lowest BCUT2D eigenvalue weighted by Crippen LogP contribution is -2.32. The van der Waals surface area contributed by atoms with Gasteiger partial charge in [0.2, 0.25) is 0 Å². The molecule has 2 saturated carbocycles. The summed E-state index contributed by atoms with van der Waals surface area (Å²) in [5, 5.41) is 6.40. The van der Waals surface area contributed by atoms with Gasteiger partial charge >= 0.3 is 0 Å². The number of hydroxylamine groups is 2. The number of rotatable bonds is 3. The molecular formula is C17H27N3O6S. The molecular weight excluding hydrogens is 374 g/mol. The Morgan fingerprint density at radius 1 is 0.889 bits per heavy atom. The molecule has 0 aromatic carbocycles. The van der Waals surface area contributed by atoms with Crippen LogP contribution < -0.4 is 0 Å². The molecule has 3 aliphatic rings. The van der Waals surface area contributed by atoms with Gasteiger partial charge in [0.25, 0.3) is 21.9 Å². The predicted molar refractivity (Wildman–Crippen MR) is 97.2 cm³/mol. The average Bonchev–Trinajstić information content (AvgIpc) is 2.92. The highest BCUT2D eigenvalue weighted by Crippen LogP contribution is 2.21. The molecule has 27 heavy (non-hydrogen) atoms. The maximum absolute atomic E-state index is 10.7. The fourth-order valence-corrected chi connectivity index (χ4v) is 4.15. The third-order valence-electron chi connectivity index (χ3n) is 5.07. The van der Waals surface area contributed by atoms with Crippen molar-refractivity contribution in [3.63, 3.8) is 0 Å². The third-order valence-corrected chi connectivity index (χ3v) is 6.16. The largest absolute Gasteiger partial charge is 0.285 e. The SMILES string of the molecule is C(=NC1CCCCC1)=NC1CCCCC1.O=C1CC(S(=O)(=O)O)C(=O)N1O. The fraction of sp³-hybridized carbons (Fsp3) is 0.824. The molecule has 0 spiro atoms. The molecule has 9 nitrogen and oxygen atoms in total. The van der Waals surface area contributed by atoms with E-state index in [1.165, 1.54) is 64.2 Å². The molecule has 2 aliphatic carbocycles. The van der Waals surface area contributed by atoms with Gasteiger partial charge in [-0.3, -0.25) is 19.3 Å². The summed E-state index contributed by atoms with van der Waals surface area (Å²) >= 11 is 0. The number of carbonyl (C=O) groups excluding carboxylic acids is 2. The lowest BCUT2D eigenvalue weighted by Gasteiger charge is -2.17. The van der Waals surface area contributed by atoms with Crippen LogP contribution in [0.5, 0.6) is 0 Å². The second kappa shape index (κ2) is 10.1. The maximum atomic E-state index is 10.7. The summed E-state index contributed by atoms with van der Waals surface area (Å²) < 4.78 is 29.1. The molecule has 0 radical (unpaired) electrons. The number of amides is 2. The highest BCUT2D eigenvalue weighted by Gasteiger charge is 2.45. The summed E-state index contributed by atoms with van der Waals surface area (Å²) in [6, 6.07) is 4.04. The van der Waals surface area contributed by atoms with Gasteiger partial charge < -0.3 is 0 Å². The van der Waals surface area contributed by atoms with Crippen LogP contribution in [-0.4, -0.2) is 58.4 Å². The van der Waals surface area contributed by atoms with Crippen LogP contribution in [0.25, 0.3) is 0 Å². The van der Waals surface area contributed by atoms with Crippen molar-refractivity contribution in [2.24, 2.45) is 9.98 Å². The van der Waals surface area contributed by atoms with Crippen LogP contribution >= 0.6 is 0 Å². The van der Waals surface area contributed by atoms with Crippen molar-refractivity contribution >= 4 is 27.9 Å². The van der Waals surface area contributed by atoms with E-state index >= 15 is 0 Å². The van der Waals surface area contributed by atoms with Crippen LogP contribution in [0.15, 0.2) is 9.98 Å². The topological polar surface area (TPSA) is 137 Å². The van der Waals surface area contributed by atoms with Gasteiger partial charge in [-0.1, -0.05) is 38.5 Å². The van der Waals surface area contributed by atoms with Crippen molar-refractivity contribution in [3.8, 4) is 0 Å². The summed E-state index contributed by atoms with van der Waals surface area (Å²) in [5.41, 5.74) is 0. The Hall–Kier alpha value is -1.61. The minimum Gasteiger partial charge on any atom is -0.285 e. The molecule has 1 aliphatic heterocycles. The van der Waals surface area contributed by atoms with Gasteiger partial charge in [-0.15, -0.1) is 0 Å². The zero-order valence-corrected chi connectivity index (χ0v) is 16.1. The van der Waals surface area contributed by atoms with Gasteiger partial charge in [-0.2, -0.15) is 13.5 Å². The average molecular weight is 401 g/mol. The van der Waals surface area contributed by atoms with Gasteiger partial charge in [0.15, 0.2) is 5.25 Å². The molecule has 1 atom stereocenters. The Bertz CT molecular complexity index is 667. The first-order chi connectivity index (χ1) is 12.8. The summed E-state index contributed by atoms with van der Waals surface area (Å²) in [6.45, 7) is 0. The molecule has 3 rings (SSSR count). The van der Waals surface area contributed by atoms with Crippen molar-refractivity contribution in [3.05, 3.63) is 0 Å². The van der Waals surface area contributed by atoms with Gasteiger partial charge in [-0.05, 0) is 25.7 Å². The summed E-state index contributed by atoms with van der Waals surface area (Å²) in [7, 11) is -4.59. The van der Waals surface area contributed by atoms with E-state index in [1.807, 2.05) is 0 Å². The molecule has 1 heterocycles. The Kier molecular flexibility index (Phi) is 8.09. The highest BCUT2D eigenvalue weighted by atomic mass is 32.2. The van der Waals surface area contributed by atoms with E-state index in [2.05, 4.69) is 16.0 Å². The molecule has 2 amide bonds. The van der Waals surface area contributed by atoms with Crippen molar-refractivity contribution < 1.29 is 27.8 Å². The predicted octanol–water partition coefficient (Wildman–Crippen LogP) is 2.22. The number of aliphatic imine (C=N–C) groups is 2. The van der Waals surface area contributed by atoms with E-state index in [9.17, 15) is 18.0 Å². The summed E-state index contributed by atoms with van der Waals surface area (Å²) in [4.78, 5) is 30.1. The normalized spacial score (nSPS) is 24.8. The molecule has 0 bridgehead atoms. The molecule has 0 aromatic heterocycles. The van der Waals surface area contributed by atoms with E-state index in [0.29, 0.717) is 12.1 Å². The van der Waals surface area contributed by atoms with Gasteiger partial charge in [0.1, 0.15) is 0 Å². The van der Waals surface area contributed by atoms with Crippen LogP contribution in [0.1, 0.15) is 70.6 Å². The van der Waals surface area contributed by atoms with Gasteiger partial charge in [0, 0.05) is 0 Å². The van der Waals surface area contributed by atoms with Crippen LogP contribution in [0, 0.1) is 0 Å². The van der Waals surface area contributed by atoms with E-state index < -0.39 is 33.6 Å². The van der Waals surface area contributed by atoms with Crippen LogP contribution in [0.3, 0.4) is 0 Å². The first kappa shape index (κ1) is 21.7. The summed E-state index contributed by atoms with van der Waals surface area (Å²) in [6.07, 6.45) is 12.5. The highest BCUT2D eigenvalue weighted by molar-refractivity contribution is 7.87. The van der Waals surface area contributed by atoms with Crippen molar-refractivity contribution in [1.29, 1.82) is 0 Å². The van der Waals surface area contributed by atoms with E-state index in [-0.39, 0.29) is 5.06 Å². The lowest BCUT2D eigenvalue weighted by molar-refractivity contribution is -0.171. The molecule has 2 N–H and O–H groups in total. The molecule has 10 heteroatoms. The van der Waals surface area contributed by atoms with Gasteiger partial charge in [-0.25, -0.2) is 9.98 Å². The molecule has 1 saturated heterocycles. The summed E-state index contributed by atoms with van der Waals surface area (Å²) in [5.74, 6) is -2.36. The number of imide groups is 1. The zero-order valence-electron chi connectivity index (χ0n) is 15.3. The number of nitrogens with zero attached hydrogens (tertiary/aromatic N) is 3. The standard InChI is InChI=1S/C13H22N2.C4H5NO6S/c1-3-7-12(8-4-1)14-11-15-13-9-5-2-6-10-13;6-3-1-2(12(9,10)11)4(7)5(3)8/h12-13H,1-10H2;2,8H,1H2,(H,9,10,11). The van der Waals surface area contributed by atoms with E-state index in [0.717, 1.165) is 0 Å². The first-order valence-electron chi connectivity index (χ1n) is 9.45. The van der Waals surface area contributed by atoms with Crippen molar-refractivity contribution in [2.45, 2.75) is 88.0 Å². The Morgan fingerprint density at radius 2 is 1.33 bits per heavy atom. The van der Waals surface area contributed by atoms with Crippen molar-refractivity contribution in [2.75, 3.05) is 0 Å². The number of carbonyl (C=O) groups is 2. The number of hydrogen-bond donors (Lipinski definition) is 2. The van der Waals surface area contributed by atoms with Gasteiger partial charge in [0.05, 0.1) is 24.5 Å². The van der Waals surface area contributed by atoms with Crippen LogP contribution in [0.2, 0.25) is 0 Å². The minimum atomic E-state index is -4.59. The second-order valence-corrected chi connectivity index (χ2v) is 8.79. The Morgan fingerprint density at radius 3 is 1.63 bits per heavy atom. The fourth-order valence-electron chi connectivity index (χ4n) is 3.44.